The molecule has 0 amide bonds. The average molecular weight is 151 g/mol. The lowest BCUT2D eigenvalue weighted by Crippen LogP contribution is -1.95. The number of hydrogen-bond donors (Lipinski definition) is 0. The molecule has 0 bridgehead atoms. The van der Waals surface area contributed by atoms with Gasteiger partial charge in [0.05, 0.1) is 0 Å². The van der Waals surface area contributed by atoms with Gasteiger partial charge in [-0.1, -0.05) is 31.9 Å². The minimum Gasteiger partial charge on any atom is -0.0882 e. The molecule has 0 heteroatoms. The molecule has 0 spiro atoms. The van der Waals surface area contributed by atoms with Gasteiger partial charge in [0.25, 0.3) is 0 Å². The molecule has 0 fully saturated rings. The van der Waals surface area contributed by atoms with Gasteiger partial charge >= 0.3 is 0 Å². The number of rotatable bonds is 3. The second-order valence-electron chi connectivity index (χ2n) is 3.40. The average Bonchev–Trinajstić information content (AvgIpc) is 2.28. The SMILES string of the molecule is CCC[CH]C1C=CCCCC1. The molecule has 1 rings (SSSR count). The van der Waals surface area contributed by atoms with Gasteiger partial charge in [-0.2, -0.15) is 0 Å². The van der Waals surface area contributed by atoms with Gasteiger partial charge in [-0.3, -0.25) is 0 Å². The summed E-state index contributed by atoms with van der Waals surface area (Å²) in [7, 11) is 0. The summed E-state index contributed by atoms with van der Waals surface area (Å²) in [5.74, 6) is 0.789. The molecule has 0 saturated heterocycles. The van der Waals surface area contributed by atoms with Crippen LogP contribution < -0.4 is 0 Å². The maximum absolute atomic E-state index is 2.47. The van der Waals surface area contributed by atoms with Gasteiger partial charge in [-0.05, 0) is 38.0 Å². The molecule has 0 N–H and O–H groups in total. The van der Waals surface area contributed by atoms with Crippen molar-refractivity contribution in [2.45, 2.75) is 45.4 Å². The van der Waals surface area contributed by atoms with E-state index in [0.29, 0.717) is 0 Å². The van der Waals surface area contributed by atoms with Crippen LogP contribution in [-0.2, 0) is 0 Å². The summed E-state index contributed by atoms with van der Waals surface area (Å²) < 4.78 is 0. The van der Waals surface area contributed by atoms with E-state index < -0.39 is 0 Å². The Bertz CT molecular complexity index is 113. The van der Waals surface area contributed by atoms with Crippen LogP contribution in [0.2, 0.25) is 0 Å². The van der Waals surface area contributed by atoms with Crippen LogP contribution in [0.15, 0.2) is 12.2 Å². The quantitative estimate of drug-likeness (QED) is 0.539. The van der Waals surface area contributed by atoms with E-state index in [1.165, 1.54) is 38.5 Å². The molecule has 0 aromatic heterocycles. The lowest BCUT2D eigenvalue weighted by Gasteiger charge is -2.08. The smallest absolute Gasteiger partial charge is 0.0202 e. The summed E-state index contributed by atoms with van der Waals surface area (Å²) >= 11 is 0. The molecule has 0 nitrogen and oxygen atoms in total. The summed E-state index contributed by atoms with van der Waals surface area (Å²) in [6.45, 7) is 2.25. The molecule has 0 aromatic rings. The van der Waals surface area contributed by atoms with Crippen LogP contribution in [0.25, 0.3) is 0 Å². The van der Waals surface area contributed by atoms with Crippen molar-refractivity contribution in [3.05, 3.63) is 18.6 Å². The predicted molar refractivity (Wildman–Crippen MR) is 50.3 cm³/mol. The molecule has 1 radical (unpaired) electrons. The summed E-state index contributed by atoms with van der Waals surface area (Å²) in [4.78, 5) is 0. The topological polar surface area (TPSA) is 0 Å². The largest absolute Gasteiger partial charge is 0.0882 e. The van der Waals surface area contributed by atoms with Crippen LogP contribution in [0.4, 0.5) is 0 Å². The summed E-state index contributed by atoms with van der Waals surface area (Å²) in [6.07, 6.45) is 15.3. The molecule has 11 heavy (non-hydrogen) atoms. The highest BCUT2D eigenvalue weighted by Gasteiger charge is 2.06. The van der Waals surface area contributed by atoms with Gasteiger partial charge in [0.15, 0.2) is 0 Å². The Morgan fingerprint density at radius 2 is 2.36 bits per heavy atom. The van der Waals surface area contributed by atoms with Gasteiger partial charge in [0.1, 0.15) is 0 Å². The minimum atomic E-state index is 0.789. The zero-order chi connectivity index (χ0) is 7.94. The Hall–Kier alpha value is -0.260. The molecule has 1 aliphatic carbocycles. The molecular formula is C11H19. The van der Waals surface area contributed by atoms with E-state index in [4.69, 9.17) is 0 Å². The van der Waals surface area contributed by atoms with Gasteiger partial charge in [0.2, 0.25) is 0 Å². The third-order valence-corrected chi connectivity index (χ3v) is 2.30. The van der Waals surface area contributed by atoms with Gasteiger partial charge < -0.3 is 0 Å². The van der Waals surface area contributed by atoms with Crippen molar-refractivity contribution in [2.24, 2.45) is 5.92 Å². The first-order valence-corrected chi connectivity index (χ1v) is 4.93. The Morgan fingerprint density at radius 3 is 3.18 bits per heavy atom. The zero-order valence-corrected chi connectivity index (χ0v) is 7.55. The van der Waals surface area contributed by atoms with Gasteiger partial charge in [-0.15, -0.1) is 0 Å². The van der Waals surface area contributed by atoms with Crippen molar-refractivity contribution in [1.29, 1.82) is 0 Å². The van der Waals surface area contributed by atoms with E-state index in [0.717, 1.165) is 5.92 Å². The highest BCUT2D eigenvalue weighted by Crippen LogP contribution is 2.20. The molecule has 1 aliphatic rings. The maximum atomic E-state index is 2.47. The second-order valence-corrected chi connectivity index (χ2v) is 3.40. The monoisotopic (exact) mass is 151 g/mol. The van der Waals surface area contributed by atoms with Crippen LogP contribution in [0.5, 0.6) is 0 Å². The first-order chi connectivity index (χ1) is 5.43. The van der Waals surface area contributed by atoms with Crippen molar-refractivity contribution < 1.29 is 0 Å². The van der Waals surface area contributed by atoms with E-state index in [1.54, 1.807) is 0 Å². The second kappa shape index (κ2) is 5.40. The normalized spacial score (nSPS) is 25.0. The first kappa shape index (κ1) is 8.83. The number of unbranched alkanes of at least 4 members (excludes halogenated alkanes) is 1. The fraction of sp³-hybridized carbons (Fsp3) is 0.727. The van der Waals surface area contributed by atoms with Crippen LogP contribution in [0.3, 0.4) is 0 Å². The van der Waals surface area contributed by atoms with E-state index in [-0.39, 0.29) is 0 Å². The highest BCUT2D eigenvalue weighted by molar-refractivity contribution is 4.97. The summed E-state index contributed by atoms with van der Waals surface area (Å²) in [5, 5.41) is 0. The van der Waals surface area contributed by atoms with E-state index in [1.807, 2.05) is 0 Å². The minimum absolute atomic E-state index is 0.789. The summed E-state index contributed by atoms with van der Waals surface area (Å²) in [5.41, 5.74) is 0. The van der Waals surface area contributed by atoms with Crippen molar-refractivity contribution in [2.75, 3.05) is 0 Å². The van der Waals surface area contributed by atoms with Crippen molar-refractivity contribution >= 4 is 0 Å². The number of allylic oxidation sites excluding steroid dienone is 2. The van der Waals surface area contributed by atoms with Crippen LogP contribution in [0, 0.1) is 12.3 Å². The molecule has 0 saturated carbocycles. The van der Waals surface area contributed by atoms with Crippen molar-refractivity contribution in [3.63, 3.8) is 0 Å². The third-order valence-electron chi connectivity index (χ3n) is 2.30. The van der Waals surface area contributed by atoms with Crippen molar-refractivity contribution in [1.82, 2.24) is 0 Å². The molecule has 63 valence electrons. The molecule has 1 atom stereocenters. The Balaban J connectivity index is 2.19. The molecule has 0 heterocycles. The number of hydrogen-bond acceptors (Lipinski definition) is 0. The van der Waals surface area contributed by atoms with E-state index in [2.05, 4.69) is 25.5 Å². The lowest BCUT2D eigenvalue weighted by molar-refractivity contribution is 0.596. The molecular weight excluding hydrogens is 132 g/mol. The summed E-state index contributed by atoms with van der Waals surface area (Å²) in [6, 6.07) is 0. The molecule has 0 aliphatic heterocycles. The van der Waals surface area contributed by atoms with E-state index >= 15 is 0 Å². The molecule has 1 unspecified atom stereocenters. The fourth-order valence-corrected chi connectivity index (χ4v) is 1.59. The first-order valence-electron chi connectivity index (χ1n) is 4.93. The lowest BCUT2D eigenvalue weighted by atomic mass is 9.97. The van der Waals surface area contributed by atoms with Gasteiger partial charge in [0, 0.05) is 0 Å². The molecule has 0 aromatic carbocycles. The third kappa shape index (κ3) is 3.60. The van der Waals surface area contributed by atoms with Crippen LogP contribution in [0.1, 0.15) is 45.4 Å². The van der Waals surface area contributed by atoms with Crippen LogP contribution in [-0.4, -0.2) is 0 Å². The standard InChI is InChI=1S/C11H19/c1-2-3-8-11-9-6-4-5-7-10-11/h6,8-9,11H,2-5,7,10H2,1H3. The van der Waals surface area contributed by atoms with E-state index in [9.17, 15) is 0 Å². The Morgan fingerprint density at radius 1 is 1.45 bits per heavy atom. The highest BCUT2D eigenvalue weighted by atomic mass is 14.1. The zero-order valence-electron chi connectivity index (χ0n) is 7.55. The van der Waals surface area contributed by atoms with Gasteiger partial charge in [-0.25, -0.2) is 0 Å². The van der Waals surface area contributed by atoms with Crippen LogP contribution >= 0.6 is 0 Å². The Labute approximate surface area is 70.7 Å². The Kier molecular flexibility index (Phi) is 4.33. The maximum Gasteiger partial charge on any atom is -0.0202 e. The predicted octanol–water partition coefficient (Wildman–Crippen LogP) is 3.74. The van der Waals surface area contributed by atoms with Crippen molar-refractivity contribution in [3.8, 4) is 0 Å². The fourth-order valence-electron chi connectivity index (χ4n) is 1.59.